The molecule has 2 heterocycles. The fourth-order valence-electron chi connectivity index (χ4n) is 2.51. The number of fused-ring (bicyclic) bond motifs is 1. The lowest BCUT2D eigenvalue weighted by Crippen LogP contribution is -2.25. The molecule has 124 valence electrons. The van der Waals surface area contributed by atoms with Crippen molar-refractivity contribution >= 4 is 22.9 Å². The molecule has 23 heavy (non-hydrogen) atoms. The highest BCUT2D eigenvalue weighted by Gasteiger charge is 2.17. The number of carbonyl (C=O) groups excluding carboxylic acids is 2. The number of aromatic nitrogens is 3. The van der Waals surface area contributed by atoms with Crippen LogP contribution in [-0.4, -0.2) is 39.8 Å². The molecule has 0 unspecified atom stereocenters. The number of aryl methyl sites for hydroxylation is 3. The number of nitrogens with zero attached hydrogens (tertiary/aromatic N) is 3. The number of nitrogens with one attached hydrogen (secondary N) is 1. The summed E-state index contributed by atoms with van der Waals surface area (Å²) >= 11 is 0. The van der Waals surface area contributed by atoms with Gasteiger partial charge in [-0.05, 0) is 33.3 Å². The molecule has 0 atom stereocenters. The summed E-state index contributed by atoms with van der Waals surface area (Å²) in [6.45, 7) is 6.27. The van der Waals surface area contributed by atoms with Gasteiger partial charge in [-0.1, -0.05) is 0 Å². The quantitative estimate of drug-likeness (QED) is 0.646. The van der Waals surface area contributed by atoms with Crippen LogP contribution in [0.2, 0.25) is 0 Å². The zero-order chi connectivity index (χ0) is 17.0. The van der Waals surface area contributed by atoms with Crippen LogP contribution < -0.4 is 5.32 Å². The fourth-order valence-corrected chi connectivity index (χ4v) is 2.51. The molecule has 0 saturated heterocycles. The molecule has 1 N–H and O–H groups in total. The molecule has 0 saturated carbocycles. The second kappa shape index (κ2) is 7.21. The van der Waals surface area contributed by atoms with Crippen LogP contribution >= 0.6 is 0 Å². The Labute approximate surface area is 135 Å². The van der Waals surface area contributed by atoms with E-state index in [1.807, 2.05) is 20.9 Å². The lowest BCUT2D eigenvalue weighted by atomic mass is 10.1. The van der Waals surface area contributed by atoms with E-state index in [1.54, 1.807) is 17.7 Å². The smallest absolute Gasteiger partial charge is 0.305 e. The van der Waals surface area contributed by atoms with Gasteiger partial charge in [0.15, 0.2) is 5.65 Å². The number of amides is 1. The Bertz CT molecular complexity index is 736. The average Bonchev–Trinajstić information content (AvgIpc) is 2.77. The van der Waals surface area contributed by atoms with Gasteiger partial charge in [-0.2, -0.15) is 5.10 Å². The monoisotopic (exact) mass is 318 g/mol. The molecule has 7 heteroatoms. The van der Waals surface area contributed by atoms with Crippen molar-refractivity contribution < 1.29 is 14.3 Å². The molecule has 0 aromatic carbocycles. The number of pyridine rings is 1. The van der Waals surface area contributed by atoms with E-state index in [0.29, 0.717) is 37.2 Å². The maximum Gasteiger partial charge on any atom is 0.305 e. The maximum atomic E-state index is 12.5. The number of ether oxygens (including phenoxy) is 1. The van der Waals surface area contributed by atoms with Crippen LogP contribution in [0.5, 0.6) is 0 Å². The topological polar surface area (TPSA) is 86.1 Å². The summed E-state index contributed by atoms with van der Waals surface area (Å²) in [5.74, 6) is -0.424. The summed E-state index contributed by atoms with van der Waals surface area (Å²) in [6, 6.07) is 1.76. The molecular weight excluding hydrogens is 296 g/mol. The summed E-state index contributed by atoms with van der Waals surface area (Å²) in [4.78, 5) is 28.2. The standard InChI is InChI=1S/C16H22N4O3/c1-5-23-13(21)7-6-8-17-16(22)12-9-10(2)18-15-14(12)11(3)19-20(15)4/h9H,5-8H2,1-4H3,(H,17,22). The van der Waals surface area contributed by atoms with Crippen LogP contribution in [0.3, 0.4) is 0 Å². The number of rotatable bonds is 6. The van der Waals surface area contributed by atoms with Gasteiger partial charge in [0.1, 0.15) is 0 Å². The van der Waals surface area contributed by atoms with Crippen molar-refractivity contribution in [2.45, 2.75) is 33.6 Å². The van der Waals surface area contributed by atoms with E-state index < -0.39 is 0 Å². The van der Waals surface area contributed by atoms with Crippen molar-refractivity contribution in [3.05, 3.63) is 23.0 Å². The fraction of sp³-hybridized carbons (Fsp3) is 0.500. The Morgan fingerprint density at radius 2 is 2.09 bits per heavy atom. The Balaban J connectivity index is 2.08. The van der Waals surface area contributed by atoms with E-state index >= 15 is 0 Å². The number of hydrogen-bond donors (Lipinski definition) is 1. The van der Waals surface area contributed by atoms with Gasteiger partial charge in [0.2, 0.25) is 0 Å². The minimum atomic E-state index is -0.244. The summed E-state index contributed by atoms with van der Waals surface area (Å²) < 4.78 is 6.53. The van der Waals surface area contributed by atoms with Crippen LogP contribution in [0, 0.1) is 13.8 Å². The summed E-state index contributed by atoms with van der Waals surface area (Å²) in [5, 5.41) is 7.93. The molecule has 7 nitrogen and oxygen atoms in total. The van der Waals surface area contributed by atoms with Gasteiger partial charge in [0.25, 0.3) is 5.91 Å². The SMILES string of the molecule is CCOC(=O)CCCNC(=O)c1cc(C)nc2c1c(C)nn2C. The first-order valence-electron chi connectivity index (χ1n) is 7.68. The molecular formula is C16H22N4O3. The minimum absolute atomic E-state index is 0.180. The molecule has 1 amide bonds. The van der Waals surface area contributed by atoms with Crippen molar-refractivity contribution in [2.24, 2.45) is 7.05 Å². The van der Waals surface area contributed by atoms with E-state index in [9.17, 15) is 9.59 Å². The van der Waals surface area contributed by atoms with E-state index in [4.69, 9.17) is 4.74 Å². The molecule has 0 aliphatic heterocycles. The Morgan fingerprint density at radius 3 is 2.78 bits per heavy atom. The average molecular weight is 318 g/mol. The lowest BCUT2D eigenvalue weighted by molar-refractivity contribution is -0.143. The number of hydrogen-bond acceptors (Lipinski definition) is 5. The highest BCUT2D eigenvalue weighted by atomic mass is 16.5. The van der Waals surface area contributed by atoms with Gasteiger partial charge in [-0.15, -0.1) is 0 Å². The first-order chi connectivity index (χ1) is 10.9. The molecule has 0 spiro atoms. The van der Waals surface area contributed by atoms with Crippen molar-refractivity contribution in [3.63, 3.8) is 0 Å². The Hall–Kier alpha value is -2.44. The largest absolute Gasteiger partial charge is 0.466 e. The summed E-state index contributed by atoms with van der Waals surface area (Å²) in [7, 11) is 1.81. The van der Waals surface area contributed by atoms with Crippen LogP contribution in [0.1, 0.15) is 41.5 Å². The first kappa shape index (κ1) is 16.9. The van der Waals surface area contributed by atoms with Crippen molar-refractivity contribution in [1.82, 2.24) is 20.1 Å². The van der Waals surface area contributed by atoms with Gasteiger partial charge < -0.3 is 10.1 Å². The maximum absolute atomic E-state index is 12.5. The van der Waals surface area contributed by atoms with Gasteiger partial charge >= 0.3 is 5.97 Å². The third-order valence-electron chi connectivity index (χ3n) is 3.49. The zero-order valence-corrected chi connectivity index (χ0v) is 14.0. The van der Waals surface area contributed by atoms with Gasteiger partial charge in [-0.3, -0.25) is 14.3 Å². The van der Waals surface area contributed by atoms with E-state index in [-0.39, 0.29) is 11.9 Å². The highest BCUT2D eigenvalue weighted by molar-refractivity contribution is 6.06. The normalized spacial score (nSPS) is 10.8. The van der Waals surface area contributed by atoms with Crippen LogP contribution in [0.4, 0.5) is 0 Å². The van der Waals surface area contributed by atoms with Gasteiger partial charge in [0, 0.05) is 25.7 Å². The predicted octanol–water partition coefficient (Wildman–Crippen LogP) is 1.66. The summed E-state index contributed by atoms with van der Waals surface area (Å²) in [6.07, 6.45) is 0.842. The second-order valence-corrected chi connectivity index (χ2v) is 5.38. The molecule has 0 fully saturated rings. The number of carbonyl (C=O) groups is 2. The molecule has 2 aromatic rings. The van der Waals surface area contributed by atoms with Crippen molar-refractivity contribution in [1.29, 1.82) is 0 Å². The zero-order valence-electron chi connectivity index (χ0n) is 14.0. The van der Waals surface area contributed by atoms with E-state index in [1.165, 1.54) is 0 Å². The van der Waals surface area contributed by atoms with E-state index in [2.05, 4.69) is 15.4 Å². The van der Waals surface area contributed by atoms with Gasteiger partial charge in [0.05, 0.1) is 23.3 Å². The first-order valence-corrected chi connectivity index (χ1v) is 7.68. The van der Waals surface area contributed by atoms with Crippen molar-refractivity contribution in [2.75, 3.05) is 13.2 Å². The predicted molar refractivity (Wildman–Crippen MR) is 86.2 cm³/mol. The van der Waals surface area contributed by atoms with E-state index in [0.717, 1.165) is 16.8 Å². The van der Waals surface area contributed by atoms with Crippen LogP contribution in [0.25, 0.3) is 11.0 Å². The molecule has 2 aromatic heterocycles. The third-order valence-corrected chi connectivity index (χ3v) is 3.49. The van der Waals surface area contributed by atoms with Crippen LogP contribution in [-0.2, 0) is 16.6 Å². The van der Waals surface area contributed by atoms with Crippen LogP contribution in [0.15, 0.2) is 6.07 Å². The highest BCUT2D eigenvalue weighted by Crippen LogP contribution is 2.21. The second-order valence-electron chi connectivity index (χ2n) is 5.38. The molecule has 0 aliphatic carbocycles. The van der Waals surface area contributed by atoms with Crippen molar-refractivity contribution in [3.8, 4) is 0 Å². The lowest BCUT2D eigenvalue weighted by Gasteiger charge is -2.08. The third kappa shape index (κ3) is 3.85. The van der Waals surface area contributed by atoms with Gasteiger partial charge in [-0.25, -0.2) is 4.98 Å². The minimum Gasteiger partial charge on any atom is -0.466 e. The number of esters is 1. The molecule has 0 aliphatic rings. The molecule has 0 bridgehead atoms. The Morgan fingerprint density at radius 1 is 1.35 bits per heavy atom. The molecule has 0 radical (unpaired) electrons. The summed E-state index contributed by atoms with van der Waals surface area (Å²) in [5.41, 5.74) is 2.79. The molecule has 2 rings (SSSR count). The Kier molecular flexibility index (Phi) is 5.31.